The van der Waals surface area contributed by atoms with E-state index in [0.717, 1.165) is 39.4 Å². The van der Waals surface area contributed by atoms with E-state index in [1.807, 2.05) is 0 Å². The Morgan fingerprint density at radius 1 is 0.310 bits per heavy atom. The second-order valence-corrected chi connectivity index (χ2v) is 14.9. The highest BCUT2D eigenvalue weighted by molar-refractivity contribution is 6.18. The molecular weight excluding hydrogens is 701 g/mol. The fourth-order valence-electron chi connectivity index (χ4n) is 9.00. The Bertz CT molecular complexity index is 3160. The van der Waals surface area contributed by atoms with Crippen LogP contribution >= 0.6 is 0 Å². The highest BCUT2D eigenvalue weighted by Crippen LogP contribution is 2.51. The molecule has 11 rings (SSSR count). The molecule has 0 N–H and O–H groups in total. The zero-order chi connectivity index (χ0) is 38.4. The Kier molecular flexibility index (Phi) is 8.19. The molecule has 0 atom stereocenters. The Labute approximate surface area is 338 Å². The first kappa shape index (κ1) is 33.6. The predicted octanol–water partition coefficient (Wildman–Crippen LogP) is 15.6. The fourth-order valence-corrected chi connectivity index (χ4v) is 9.00. The van der Waals surface area contributed by atoms with Crippen molar-refractivity contribution in [2.24, 2.45) is 0 Å². The lowest BCUT2D eigenvalue weighted by Gasteiger charge is -2.31. The fraction of sp³-hybridized carbons (Fsp3) is 0. The molecule has 0 aliphatic rings. The van der Waals surface area contributed by atoms with Crippen molar-refractivity contribution in [2.75, 3.05) is 4.90 Å². The van der Waals surface area contributed by atoms with Crippen LogP contribution in [0.5, 0.6) is 0 Å². The largest absolute Gasteiger partial charge is 0.309 e. The van der Waals surface area contributed by atoms with Crippen LogP contribution in [0, 0.1) is 0 Å². The van der Waals surface area contributed by atoms with E-state index in [1.54, 1.807) is 0 Å². The van der Waals surface area contributed by atoms with Crippen LogP contribution < -0.4 is 4.90 Å². The van der Waals surface area contributed by atoms with E-state index in [9.17, 15) is 0 Å². The van der Waals surface area contributed by atoms with Crippen molar-refractivity contribution in [3.8, 4) is 39.1 Å². The predicted molar refractivity (Wildman–Crippen MR) is 247 cm³/mol. The van der Waals surface area contributed by atoms with Gasteiger partial charge in [0.2, 0.25) is 0 Å². The maximum Gasteiger partial charge on any atom is 0.0619 e. The number of para-hydroxylation sites is 3. The lowest BCUT2D eigenvalue weighted by Crippen LogP contribution is -2.13. The molecule has 1 aromatic heterocycles. The first-order valence-electron chi connectivity index (χ1n) is 19.9. The number of benzene rings is 10. The first-order valence-corrected chi connectivity index (χ1v) is 19.9. The highest BCUT2D eigenvalue weighted by atomic mass is 15.2. The lowest BCUT2D eigenvalue weighted by molar-refractivity contribution is 1.18. The molecule has 0 amide bonds. The zero-order valence-corrected chi connectivity index (χ0v) is 31.8. The molecule has 1 heterocycles. The quantitative estimate of drug-likeness (QED) is 0.158. The molecule has 272 valence electrons. The van der Waals surface area contributed by atoms with Gasteiger partial charge in [-0.25, -0.2) is 0 Å². The van der Waals surface area contributed by atoms with Gasteiger partial charge in [-0.2, -0.15) is 0 Å². The Morgan fingerprint density at radius 3 is 1.43 bits per heavy atom. The summed E-state index contributed by atoms with van der Waals surface area (Å²) in [7, 11) is 0. The summed E-state index contributed by atoms with van der Waals surface area (Å²) in [4.78, 5) is 2.53. The molecular formula is C56H38N2. The van der Waals surface area contributed by atoms with Crippen LogP contribution in [0.15, 0.2) is 231 Å². The minimum absolute atomic E-state index is 1.08. The Balaban J connectivity index is 1.29. The van der Waals surface area contributed by atoms with Gasteiger partial charge in [0, 0.05) is 33.3 Å². The minimum Gasteiger partial charge on any atom is -0.309 e. The number of rotatable bonds is 7. The second kappa shape index (κ2) is 14.1. The molecule has 11 aromatic rings. The van der Waals surface area contributed by atoms with Crippen LogP contribution in [0.3, 0.4) is 0 Å². The van der Waals surface area contributed by atoms with Gasteiger partial charge in [0.25, 0.3) is 0 Å². The molecule has 58 heavy (non-hydrogen) atoms. The van der Waals surface area contributed by atoms with Crippen molar-refractivity contribution in [3.63, 3.8) is 0 Å². The summed E-state index contributed by atoms with van der Waals surface area (Å²) in [5.41, 5.74) is 13.9. The van der Waals surface area contributed by atoms with E-state index in [4.69, 9.17) is 0 Å². The van der Waals surface area contributed by atoms with Gasteiger partial charge < -0.3 is 9.47 Å². The number of aromatic nitrogens is 1. The smallest absolute Gasteiger partial charge is 0.0619 e. The van der Waals surface area contributed by atoms with E-state index in [2.05, 4.69) is 240 Å². The van der Waals surface area contributed by atoms with Crippen LogP contribution in [0.1, 0.15) is 0 Å². The van der Waals surface area contributed by atoms with Crippen molar-refractivity contribution in [1.82, 2.24) is 4.57 Å². The maximum absolute atomic E-state index is 2.53. The summed E-state index contributed by atoms with van der Waals surface area (Å²) in [5, 5.41) is 7.28. The van der Waals surface area contributed by atoms with Gasteiger partial charge in [-0.15, -0.1) is 0 Å². The number of hydrogen-bond donors (Lipinski definition) is 0. The van der Waals surface area contributed by atoms with Crippen LogP contribution in [-0.4, -0.2) is 4.57 Å². The van der Waals surface area contributed by atoms with Crippen molar-refractivity contribution in [3.05, 3.63) is 231 Å². The van der Waals surface area contributed by atoms with Gasteiger partial charge in [0.05, 0.1) is 22.4 Å². The molecule has 2 nitrogen and oxygen atoms in total. The van der Waals surface area contributed by atoms with E-state index in [-0.39, 0.29) is 0 Å². The van der Waals surface area contributed by atoms with Gasteiger partial charge in [-0.05, 0) is 86.3 Å². The Hall–Kier alpha value is -7.68. The normalized spacial score (nSPS) is 11.4. The molecule has 10 aromatic carbocycles. The third-order valence-corrected chi connectivity index (χ3v) is 11.6. The molecule has 2 heteroatoms. The summed E-state index contributed by atoms with van der Waals surface area (Å²) in [6.45, 7) is 0. The average molecular weight is 739 g/mol. The number of hydrogen-bond acceptors (Lipinski definition) is 1. The van der Waals surface area contributed by atoms with Crippen molar-refractivity contribution in [1.29, 1.82) is 0 Å². The second-order valence-electron chi connectivity index (χ2n) is 14.9. The molecule has 0 saturated carbocycles. The van der Waals surface area contributed by atoms with Crippen molar-refractivity contribution >= 4 is 60.4 Å². The summed E-state index contributed by atoms with van der Waals surface area (Å²) in [6.07, 6.45) is 0. The van der Waals surface area contributed by atoms with Gasteiger partial charge >= 0.3 is 0 Å². The molecule has 0 aliphatic carbocycles. The first-order chi connectivity index (χ1) is 28.8. The third-order valence-electron chi connectivity index (χ3n) is 11.6. The van der Waals surface area contributed by atoms with E-state index in [0.29, 0.717) is 0 Å². The third kappa shape index (κ3) is 5.57. The molecule has 0 fully saturated rings. The standard InChI is InChI=1S/C56H38N2/c1-3-17-39(18-4-1)40-35-37-44(38-36-40)58(54-34-16-33-53-55(54)51-27-11-12-32-52(51)57(53)43-23-5-2-6-24-43)56-49(47-28-13-21-41-19-7-9-25-45(41)47)30-15-31-50(56)48-29-14-22-42-20-8-10-26-46(42)48/h1-38H. The maximum atomic E-state index is 2.53. The monoisotopic (exact) mass is 738 g/mol. The molecule has 0 radical (unpaired) electrons. The van der Waals surface area contributed by atoms with E-state index < -0.39 is 0 Å². The molecule has 0 unspecified atom stereocenters. The van der Waals surface area contributed by atoms with Crippen LogP contribution in [-0.2, 0) is 0 Å². The van der Waals surface area contributed by atoms with Crippen LogP contribution in [0.25, 0.3) is 82.4 Å². The van der Waals surface area contributed by atoms with E-state index in [1.165, 1.54) is 60.1 Å². The van der Waals surface area contributed by atoms with Gasteiger partial charge in [0.15, 0.2) is 0 Å². The minimum atomic E-state index is 1.08. The van der Waals surface area contributed by atoms with Crippen molar-refractivity contribution < 1.29 is 0 Å². The van der Waals surface area contributed by atoms with Crippen LogP contribution in [0.4, 0.5) is 17.1 Å². The Morgan fingerprint density at radius 2 is 0.776 bits per heavy atom. The number of nitrogens with zero attached hydrogens (tertiary/aromatic N) is 2. The highest BCUT2D eigenvalue weighted by Gasteiger charge is 2.27. The SMILES string of the molecule is c1ccc(-c2ccc(N(c3c(-c4cccc5ccccc45)cccc3-c3cccc4ccccc34)c3cccc4c3c3ccccc3n4-c3ccccc3)cc2)cc1. The number of anilines is 3. The summed E-state index contributed by atoms with van der Waals surface area (Å²) >= 11 is 0. The number of fused-ring (bicyclic) bond motifs is 5. The summed E-state index contributed by atoms with van der Waals surface area (Å²) in [5.74, 6) is 0. The zero-order valence-electron chi connectivity index (χ0n) is 31.8. The van der Waals surface area contributed by atoms with Crippen molar-refractivity contribution in [2.45, 2.75) is 0 Å². The topological polar surface area (TPSA) is 8.17 Å². The van der Waals surface area contributed by atoms with Gasteiger partial charge in [-0.1, -0.05) is 188 Å². The lowest BCUT2D eigenvalue weighted by atomic mass is 9.89. The molecule has 0 bridgehead atoms. The van der Waals surface area contributed by atoms with Gasteiger partial charge in [0.1, 0.15) is 0 Å². The average Bonchev–Trinajstić information content (AvgIpc) is 3.65. The molecule has 0 saturated heterocycles. The summed E-state index contributed by atoms with van der Waals surface area (Å²) in [6, 6.07) is 83.9. The summed E-state index contributed by atoms with van der Waals surface area (Å²) < 4.78 is 2.41. The van der Waals surface area contributed by atoms with Crippen LogP contribution in [0.2, 0.25) is 0 Å². The van der Waals surface area contributed by atoms with Gasteiger partial charge in [-0.3, -0.25) is 0 Å². The molecule has 0 aliphatic heterocycles. The van der Waals surface area contributed by atoms with E-state index >= 15 is 0 Å². The molecule has 0 spiro atoms.